The summed E-state index contributed by atoms with van der Waals surface area (Å²) in [5.41, 5.74) is 2.01. The van der Waals surface area contributed by atoms with Crippen LogP contribution in [0.25, 0.3) is 11.3 Å². The van der Waals surface area contributed by atoms with Gasteiger partial charge in [0.25, 0.3) is 0 Å². The molecule has 2 heterocycles. The highest BCUT2D eigenvalue weighted by Gasteiger charge is 2.48. The molecule has 0 atom stereocenters. The molecule has 1 aliphatic rings. The third-order valence-corrected chi connectivity index (χ3v) is 6.44. The number of aryl methyl sites for hydroxylation is 2. The first-order chi connectivity index (χ1) is 13.9. The molecule has 2 aromatic heterocycles. The van der Waals surface area contributed by atoms with Gasteiger partial charge >= 0.3 is 0 Å². The van der Waals surface area contributed by atoms with Gasteiger partial charge in [0, 0.05) is 21.6 Å². The van der Waals surface area contributed by atoms with Gasteiger partial charge in [-0.25, -0.2) is 13.2 Å². The highest BCUT2D eigenvalue weighted by Crippen LogP contribution is 2.48. The normalized spacial score (nSPS) is 21.1. The fraction of sp³-hybridized carbons (Fsp3) is 0.318. The van der Waals surface area contributed by atoms with Gasteiger partial charge in [-0.2, -0.15) is 10.2 Å². The van der Waals surface area contributed by atoms with E-state index in [-0.39, 0.29) is 18.7 Å². The first kappa shape index (κ1) is 20.0. The van der Waals surface area contributed by atoms with E-state index < -0.39 is 17.4 Å². The Hall–Kier alpha value is -2.28. The summed E-state index contributed by atoms with van der Waals surface area (Å²) < 4.78 is 43.0. The number of halogens is 4. The van der Waals surface area contributed by atoms with E-state index in [0.29, 0.717) is 35.5 Å². The zero-order valence-electron chi connectivity index (χ0n) is 15.8. The maximum Gasteiger partial charge on any atom is 0.145 e. The molecule has 4 rings (SSSR count). The van der Waals surface area contributed by atoms with Gasteiger partial charge in [-0.15, -0.1) is 0 Å². The lowest BCUT2D eigenvalue weighted by Crippen LogP contribution is -2.44. The summed E-state index contributed by atoms with van der Waals surface area (Å²) in [4.78, 5) is 4.17. The maximum absolute atomic E-state index is 14.3. The SMILES string of the molecule is Cc1cc(F)c(-c2ccc(CCC3(c4ncccc4F)CC(F)C3)nn2)cc1Br. The minimum absolute atomic E-state index is 0.259. The molecule has 0 N–H and O–H groups in total. The van der Waals surface area contributed by atoms with Crippen molar-refractivity contribution < 1.29 is 13.2 Å². The molecule has 0 amide bonds. The van der Waals surface area contributed by atoms with Crippen LogP contribution in [0, 0.1) is 18.6 Å². The van der Waals surface area contributed by atoms with Gasteiger partial charge < -0.3 is 0 Å². The molecule has 0 radical (unpaired) electrons. The molecule has 0 bridgehead atoms. The van der Waals surface area contributed by atoms with Crippen molar-refractivity contribution in [2.45, 2.75) is 44.2 Å². The van der Waals surface area contributed by atoms with Gasteiger partial charge in [0.1, 0.15) is 17.8 Å². The van der Waals surface area contributed by atoms with Crippen LogP contribution in [0.3, 0.4) is 0 Å². The number of hydrogen-bond donors (Lipinski definition) is 0. The zero-order valence-corrected chi connectivity index (χ0v) is 17.4. The molecule has 0 unspecified atom stereocenters. The Kier molecular flexibility index (Phi) is 5.42. The van der Waals surface area contributed by atoms with Crippen molar-refractivity contribution >= 4 is 15.9 Å². The maximum atomic E-state index is 14.3. The molecule has 3 nitrogen and oxygen atoms in total. The number of hydrogen-bond acceptors (Lipinski definition) is 3. The number of benzene rings is 1. The van der Waals surface area contributed by atoms with E-state index in [1.54, 1.807) is 18.2 Å². The molecule has 0 saturated heterocycles. The second-order valence-corrected chi connectivity index (χ2v) is 8.47. The van der Waals surface area contributed by atoms with Gasteiger partial charge in [0.05, 0.1) is 17.1 Å². The molecule has 1 saturated carbocycles. The number of alkyl halides is 1. The quantitative estimate of drug-likeness (QED) is 0.475. The fourth-order valence-corrected chi connectivity index (χ4v) is 4.27. The summed E-state index contributed by atoms with van der Waals surface area (Å²) in [7, 11) is 0. The molecule has 1 fully saturated rings. The Balaban J connectivity index is 1.52. The second kappa shape index (κ2) is 7.86. The third-order valence-electron chi connectivity index (χ3n) is 5.59. The van der Waals surface area contributed by atoms with E-state index in [4.69, 9.17) is 0 Å². The van der Waals surface area contributed by atoms with Crippen LogP contribution in [0.15, 0.2) is 47.1 Å². The van der Waals surface area contributed by atoms with Crippen molar-refractivity contribution in [1.29, 1.82) is 0 Å². The number of aromatic nitrogens is 3. The Labute approximate surface area is 175 Å². The van der Waals surface area contributed by atoms with Gasteiger partial charge in [0.15, 0.2) is 0 Å². The van der Waals surface area contributed by atoms with Crippen molar-refractivity contribution in [3.63, 3.8) is 0 Å². The highest BCUT2D eigenvalue weighted by atomic mass is 79.9. The third kappa shape index (κ3) is 3.92. The summed E-state index contributed by atoms with van der Waals surface area (Å²) in [6.07, 6.45) is 2.15. The molecule has 1 aliphatic carbocycles. The first-order valence-electron chi connectivity index (χ1n) is 9.42. The van der Waals surface area contributed by atoms with Crippen molar-refractivity contribution in [3.05, 3.63) is 75.7 Å². The Bertz CT molecular complexity index is 1030. The molecule has 29 heavy (non-hydrogen) atoms. The predicted molar refractivity (Wildman–Crippen MR) is 108 cm³/mol. The molecular formula is C22H19BrF3N3. The smallest absolute Gasteiger partial charge is 0.145 e. The lowest BCUT2D eigenvalue weighted by Gasteiger charge is -2.44. The Morgan fingerprint density at radius 1 is 1.10 bits per heavy atom. The molecule has 3 aromatic rings. The fourth-order valence-electron chi connectivity index (χ4n) is 3.93. The van der Waals surface area contributed by atoms with Gasteiger partial charge in [-0.3, -0.25) is 4.98 Å². The topological polar surface area (TPSA) is 38.7 Å². The molecule has 7 heteroatoms. The minimum Gasteiger partial charge on any atom is -0.258 e. The standard InChI is InChI=1S/C22H19BrF3N3/c1-13-9-19(26)16(10-17(13)23)20-5-4-15(28-29-20)6-7-22(11-14(24)12-22)21-18(25)3-2-8-27-21/h2-5,8-10,14H,6-7,11-12H2,1H3. The average molecular weight is 462 g/mol. The van der Waals surface area contributed by atoms with E-state index in [1.807, 2.05) is 6.92 Å². The van der Waals surface area contributed by atoms with Crippen molar-refractivity contribution in [3.8, 4) is 11.3 Å². The average Bonchev–Trinajstić information content (AvgIpc) is 2.68. The molecule has 0 spiro atoms. The zero-order chi connectivity index (χ0) is 20.6. The summed E-state index contributed by atoms with van der Waals surface area (Å²) in [6.45, 7) is 1.81. The van der Waals surface area contributed by atoms with Crippen LogP contribution < -0.4 is 0 Å². The predicted octanol–water partition coefficient (Wildman–Crippen LogP) is 5.89. The minimum atomic E-state index is -0.937. The highest BCUT2D eigenvalue weighted by molar-refractivity contribution is 9.10. The second-order valence-electron chi connectivity index (χ2n) is 7.61. The monoisotopic (exact) mass is 461 g/mol. The van der Waals surface area contributed by atoms with Gasteiger partial charge in [-0.1, -0.05) is 15.9 Å². The summed E-state index contributed by atoms with van der Waals surface area (Å²) in [5.74, 6) is -0.762. The van der Waals surface area contributed by atoms with Gasteiger partial charge in [0.2, 0.25) is 0 Å². The molecule has 0 aliphatic heterocycles. The lowest BCUT2D eigenvalue weighted by atomic mass is 9.62. The van der Waals surface area contributed by atoms with Crippen LogP contribution in [0.5, 0.6) is 0 Å². The lowest BCUT2D eigenvalue weighted by molar-refractivity contribution is 0.0794. The molecule has 150 valence electrons. The van der Waals surface area contributed by atoms with Crippen LogP contribution in [-0.2, 0) is 11.8 Å². The van der Waals surface area contributed by atoms with Crippen LogP contribution >= 0.6 is 15.9 Å². The van der Waals surface area contributed by atoms with Crippen LogP contribution in [-0.4, -0.2) is 21.4 Å². The van der Waals surface area contributed by atoms with E-state index in [0.717, 1.165) is 10.0 Å². The van der Waals surface area contributed by atoms with Gasteiger partial charge in [-0.05, 0) is 74.6 Å². The van der Waals surface area contributed by atoms with E-state index in [1.165, 1.54) is 24.4 Å². The van der Waals surface area contributed by atoms with Crippen LogP contribution in [0.2, 0.25) is 0 Å². The summed E-state index contributed by atoms with van der Waals surface area (Å²) in [5, 5.41) is 8.36. The Morgan fingerprint density at radius 2 is 1.90 bits per heavy atom. The summed E-state index contributed by atoms with van der Waals surface area (Å²) in [6, 6.07) is 9.52. The summed E-state index contributed by atoms with van der Waals surface area (Å²) >= 11 is 3.40. The van der Waals surface area contributed by atoms with Crippen LogP contribution in [0.4, 0.5) is 13.2 Å². The van der Waals surface area contributed by atoms with E-state index in [2.05, 4.69) is 31.1 Å². The molecule has 1 aromatic carbocycles. The first-order valence-corrected chi connectivity index (χ1v) is 10.2. The largest absolute Gasteiger partial charge is 0.258 e. The van der Waals surface area contributed by atoms with Crippen molar-refractivity contribution in [1.82, 2.24) is 15.2 Å². The number of rotatable bonds is 5. The Morgan fingerprint density at radius 3 is 2.55 bits per heavy atom. The van der Waals surface area contributed by atoms with E-state index >= 15 is 0 Å². The number of pyridine rings is 1. The number of nitrogens with zero attached hydrogens (tertiary/aromatic N) is 3. The van der Waals surface area contributed by atoms with E-state index in [9.17, 15) is 13.2 Å². The molecular weight excluding hydrogens is 443 g/mol. The van der Waals surface area contributed by atoms with Crippen molar-refractivity contribution in [2.24, 2.45) is 0 Å². The van der Waals surface area contributed by atoms with Crippen molar-refractivity contribution in [2.75, 3.05) is 0 Å². The van der Waals surface area contributed by atoms with Crippen LogP contribution in [0.1, 0.15) is 36.2 Å².